The van der Waals surface area contributed by atoms with Crippen molar-refractivity contribution in [3.05, 3.63) is 65.9 Å². The van der Waals surface area contributed by atoms with E-state index >= 15 is 0 Å². The molecular formula is C18H17N3O2. The summed E-state index contributed by atoms with van der Waals surface area (Å²) in [6, 6.07) is 16.9. The molecule has 5 nitrogen and oxygen atoms in total. The predicted molar refractivity (Wildman–Crippen MR) is 89.7 cm³/mol. The zero-order valence-electron chi connectivity index (χ0n) is 13.0. The molecule has 3 aromatic rings. The lowest BCUT2D eigenvalue weighted by Gasteiger charge is -2.03. The lowest BCUT2D eigenvalue weighted by Crippen LogP contribution is -2.12. The molecule has 0 spiro atoms. The van der Waals surface area contributed by atoms with Crippen LogP contribution in [-0.2, 0) is 0 Å². The Morgan fingerprint density at radius 3 is 2.65 bits per heavy atom. The van der Waals surface area contributed by atoms with Crippen LogP contribution >= 0.6 is 0 Å². The Balaban J connectivity index is 1.78. The third-order valence-electron chi connectivity index (χ3n) is 3.50. The number of carbonyl (C=O) groups is 1. The van der Waals surface area contributed by atoms with Gasteiger partial charge in [-0.25, -0.2) is 0 Å². The van der Waals surface area contributed by atoms with Crippen molar-refractivity contribution in [2.45, 2.75) is 6.92 Å². The summed E-state index contributed by atoms with van der Waals surface area (Å²) in [4.78, 5) is 12.2. The molecule has 0 fully saturated rings. The molecule has 2 aromatic carbocycles. The smallest absolute Gasteiger partial charge is 0.276 e. The van der Waals surface area contributed by atoms with Gasteiger partial charge in [0, 0.05) is 11.3 Å². The van der Waals surface area contributed by atoms with E-state index < -0.39 is 0 Å². The van der Waals surface area contributed by atoms with Gasteiger partial charge in [-0.1, -0.05) is 29.8 Å². The molecule has 5 heteroatoms. The number of methoxy groups -OCH3 is 1. The lowest BCUT2D eigenvalue weighted by molar-refractivity contribution is 0.102. The van der Waals surface area contributed by atoms with Gasteiger partial charge < -0.3 is 10.1 Å². The molecule has 0 aliphatic heterocycles. The normalized spacial score (nSPS) is 10.3. The van der Waals surface area contributed by atoms with Crippen LogP contribution in [0.2, 0.25) is 0 Å². The Bertz CT molecular complexity index is 822. The van der Waals surface area contributed by atoms with Gasteiger partial charge >= 0.3 is 0 Å². The lowest BCUT2D eigenvalue weighted by atomic mass is 10.1. The molecule has 0 saturated heterocycles. The van der Waals surface area contributed by atoms with E-state index in [-0.39, 0.29) is 5.91 Å². The highest BCUT2D eigenvalue weighted by atomic mass is 16.5. The number of nitrogens with zero attached hydrogens (tertiary/aromatic N) is 1. The molecule has 1 aromatic heterocycles. The number of aromatic amines is 1. The fourth-order valence-electron chi connectivity index (χ4n) is 2.21. The molecule has 2 N–H and O–H groups in total. The Morgan fingerprint density at radius 1 is 1.13 bits per heavy atom. The van der Waals surface area contributed by atoms with Crippen LogP contribution in [0.1, 0.15) is 16.1 Å². The molecule has 0 radical (unpaired) electrons. The van der Waals surface area contributed by atoms with E-state index in [1.54, 1.807) is 13.2 Å². The van der Waals surface area contributed by atoms with E-state index in [1.165, 1.54) is 0 Å². The highest BCUT2D eigenvalue weighted by Crippen LogP contribution is 2.22. The topological polar surface area (TPSA) is 67.0 Å². The van der Waals surface area contributed by atoms with Gasteiger partial charge in [0.15, 0.2) is 5.69 Å². The van der Waals surface area contributed by atoms with E-state index in [2.05, 4.69) is 15.5 Å². The number of ether oxygens (including phenoxy) is 1. The number of nitrogens with one attached hydrogen (secondary N) is 2. The number of aryl methyl sites for hydroxylation is 1. The molecule has 0 saturated carbocycles. The molecule has 0 bridgehead atoms. The summed E-state index contributed by atoms with van der Waals surface area (Å²) in [5.74, 6) is 0.502. The maximum atomic E-state index is 12.2. The first-order valence-corrected chi connectivity index (χ1v) is 7.23. The summed E-state index contributed by atoms with van der Waals surface area (Å²) in [6.45, 7) is 2.00. The molecule has 116 valence electrons. The van der Waals surface area contributed by atoms with Crippen molar-refractivity contribution < 1.29 is 9.53 Å². The second-order valence-electron chi connectivity index (χ2n) is 5.22. The summed E-state index contributed by atoms with van der Waals surface area (Å²) in [5.41, 5.74) is 3.89. The van der Waals surface area contributed by atoms with Crippen molar-refractivity contribution in [2.24, 2.45) is 0 Å². The third kappa shape index (κ3) is 3.40. The molecule has 1 heterocycles. The van der Waals surface area contributed by atoms with E-state index in [0.717, 1.165) is 28.3 Å². The average Bonchev–Trinajstić information content (AvgIpc) is 3.07. The van der Waals surface area contributed by atoms with Crippen LogP contribution < -0.4 is 10.1 Å². The van der Waals surface area contributed by atoms with Crippen molar-refractivity contribution in [1.29, 1.82) is 0 Å². The number of H-pyrrole nitrogens is 1. The van der Waals surface area contributed by atoms with E-state index in [0.29, 0.717) is 5.69 Å². The van der Waals surface area contributed by atoms with Gasteiger partial charge in [0.25, 0.3) is 5.91 Å². The molecular weight excluding hydrogens is 290 g/mol. The Kier molecular flexibility index (Phi) is 4.10. The fourth-order valence-corrected chi connectivity index (χ4v) is 2.21. The Hall–Kier alpha value is -3.08. The number of benzene rings is 2. The summed E-state index contributed by atoms with van der Waals surface area (Å²) in [7, 11) is 1.62. The van der Waals surface area contributed by atoms with Gasteiger partial charge in [0.1, 0.15) is 5.75 Å². The monoisotopic (exact) mass is 307 g/mol. The second-order valence-corrected chi connectivity index (χ2v) is 5.22. The minimum Gasteiger partial charge on any atom is -0.497 e. The fraction of sp³-hybridized carbons (Fsp3) is 0.111. The first-order valence-electron chi connectivity index (χ1n) is 7.23. The van der Waals surface area contributed by atoms with Crippen LogP contribution in [0.25, 0.3) is 11.3 Å². The number of anilines is 1. The first-order chi connectivity index (χ1) is 11.2. The van der Waals surface area contributed by atoms with E-state index in [1.807, 2.05) is 55.5 Å². The zero-order valence-corrected chi connectivity index (χ0v) is 13.0. The SMILES string of the molecule is COc1cccc(-c2cc(C(=O)Nc3ccc(C)cc3)n[nH]2)c1. The summed E-state index contributed by atoms with van der Waals surface area (Å²) < 4.78 is 5.21. The molecule has 0 unspecified atom stereocenters. The van der Waals surface area contributed by atoms with Crippen molar-refractivity contribution >= 4 is 11.6 Å². The van der Waals surface area contributed by atoms with Crippen LogP contribution in [0, 0.1) is 6.92 Å². The summed E-state index contributed by atoms with van der Waals surface area (Å²) in [6.07, 6.45) is 0. The average molecular weight is 307 g/mol. The quantitative estimate of drug-likeness (QED) is 0.773. The molecule has 0 aliphatic rings. The van der Waals surface area contributed by atoms with Gasteiger partial charge in [0.2, 0.25) is 0 Å². The second kappa shape index (κ2) is 6.36. The molecule has 0 atom stereocenters. The maximum absolute atomic E-state index is 12.2. The molecule has 1 amide bonds. The number of aromatic nitrogens is 2. The van der Waals surface area contributed by atoms with Crippen LogP contribution in [0.5, 0.6) is 5.75 Å². The van der Waals surface area contributed by atoms with Gasteiger partial charge in [-0.15, -0.1) is 0 Å². The van der Waals surface area contributed by atoms with Crippen molar-refractivity contribution in [1.82, 2.24) is 10.2 Å². The van der Waals surface area contributed by atoms with Crippen LogP contribution in [0.15, 0.2) is 54.6 Å². The largest absolute Gasteiger partial charge is 0.497 e. The number of rotatable bonds is 4. The highest BCUT2D eigenvalue weighted by molar-refractivity contribution is 6.03. The number of hydrogen-bond acceptors (Lipinski definition) is 3. The van der Waals surface area contributed by atoms with Crippen molar-refractivity contribution in [3.63, 3.8) is 0 Å². The minimum absolute atomic E-state index is 0.251. The van der Waals surface area contributed by atoms with Gasteiger partial charge in [-0.3, -0.25) is 9.89 Å². The van der Waals surface area contributed by atoms with Crippen molar-refractivity contribution in [3.8, 4) is 17.0 Å². The van der Waals surface area contributed by atoms with Gasteiger partial charge in [-0.2, -0.15) is 5.10 Å². The van der Waals surface area contributed by atoms with Crippen LogP contribution in [0.3, 0.4) is 0 Å². The Labute approximate surface area is 134 Å². The van der Waals surface area contributed by atoms with Crippen molar-refractivity contribution in [2.75, 3.05) is 12.4 Å². The molecule has 3 rings (SSSR count). The summed E-state index contributed by atoms with van der Waals surface area (Å²) in [5, 5.41) is 9.79. The van der Waals surface area contributed by atoms with Crippen LogP contribution in [0.4, 0.5) is 5.69 Å². The number of hydrogen-bond donors (Lipinski definition) is 2. The standard InChI is InChI=1S/C18H17N3O2/c1-12-6-8-14(9-7-12)19-18(22)17-11-16(20-21-17)13-4-3-5-15(10-13)23-2/h3-11H,1-2H3,(H,19,22)(H,20,21). The molecule has 23 heavy (non-hydrogen) atoms. The number of amides is 1. The molecule has 0 aliphatic carbocycles. The zero-order chi connectivity index (χ0) is 16.2. The third-order valence-corrected chi connectivity index (χ3v) is 3.50. The first kappa shape index (κ1) is 14.8. The van der Waals surface area contributed by atoms with Gasteiger partial charge in [0.05, 0.1) is 12.8 Å². The van der Waals surface area contributed by atoms with Gasteiger partial charge in [-0.05, 0) is 37.3 Å². The Morgan fingerprint density at radius 2 is 1.91 bits per heavy atom. The minimum atomic E-state index is -0.251. The maximum Gasteiger partial charge on any atom is 0.276 e. The number of carbonyl (C=O) groups excluding carboxylic acids is 1. The highest BCUT2D eigenvalue weighted by Gasteiger charge is 2.12. The van der Waals surface area contributed by atoms with E-state index in [9.17, 15) is 4.79 Å². The van der Waals surface area contributed by atoms with E-state index in [4.69, 9.17) is 4.74 Å². The predicted octanol–water partition coefficient (Wildman–Crippen LogP) is 3.65. The summed E-state index contributed by atoms with van der Waals surface area (Å²) >= 11 is 0. The van der Waals surface area contributed by atoms with Crippen LogP contribution in [-0.4, -0.2) is 23.2 Å².